The first kappa shape index (κ1) is 25.9. The lowest BCUT2D eigenvalue weighted by molar-refractivity contribution is 0.632. The van der Waals surface area contributed by atoms with E-state index in [1.807, 2.05) is 6.07 Å². The van der Waals surface area contributed by atoms with Gasteiger partial charge < -0.3 is 4.42 Å². The second kappa shape index (κ2) is 10.6. The van der Waals surface area contributed by atoms with Gasteiger partial charge in [0.25, 0.3) is 0 Å². The first-order valence-electron chi connectivity index (χ1n) is 15.4. The first-order chi connectivity index (χ1) is 22.3. The van der Waals surface area contributed by atoms with Crippen molar-refractivity contribution in [2.75, 3.05) is 0 Å². The molecule has 2 heterocycles. The highest BCUT2D eigenvalue weighted by Crippen LogP contribution is 2.50. The summed E-state index contributed by atoms with van der Waals surface area (Å²) in [6, 6.07) is 58.9. The smallest absolute Gasteiger partial charge is 0.137 e. The highest BCUT2D eigenvalue weighted by Gasteiger charge is 2.39. The van der Waals surface area contributed by atoms with Crippen molar-refractivity contribution in [1.82, 2.24) is 4.98 Å². The average Bonchev–Trinajstić information content (AvgIpc) is 3.69. The highest BCUT2D eigenvalue weighted by atomic mass is 28.3. The standard InChI is InChI=1S/C42H28NOSi/c1-4-13-28(14-5-1)37-25-23-29-15-12-22-35(41(29)43-37)39-27-36-38(44-39)26-24-33-32-20-10-11-21-34(32)42(40(33)36)45(30-16-6-2-7-17-30)31-18-8-3-9-19-31/h1-27,42H. The number of benzene rings is 6. The molecule has 9 rings (SSSR count). The van der Waals surface area contributed by atoms with Gasteiger partial charge in [-0.15, -0.1) is 0 Å². The Labute approximate surface area is 263 Å². The molecule has 6 aromatic carbocycles. The van der Waals surface area contributed by atoms with E-state index in [1.54, 1.807) is 0 Å². The van der Waals surface area contributed by atoms with Crippen LogP contribution >= 0.6 is 0 Å². The van der Waals surface area contributed by atoms with Gasteiger partial charge in [0.15, 0.2) is 0 Å². The van der Waals surface area contributed by atoms with Crippen LogP contribution in [0.25, 0.3) is 55.6 Å². The van der Waals surface area contributed by atoms with Crippen LogP contribution < -0.4 is 10.4 Å². The van der Waals surface area contributed by atoms with Crippen LogP contribution in [0.4, 0.5) is 0 Å². The monoisotopic (exact) mass is 590 g/mol. The van der Waals surface area contributed by atoms with Crippen molar-refractivity contribution in [3.8, 4) is 33.7 Å². The minimum Gasteiger partial charge on any atom is -0.456 e. The van der Waals surface area contributed by atoms with Gasteiger partial charge in [-0.2, -0.15) is 0 Å². The molecule has 0 saturated heterocycles. The van der Waals surface area contributed by atoms with E-state index >= 15 is 0 Å². The molecular weight excluding hydrogens is 563 g/mol. The quantitative estimate of drug-likeness (QED) is 0.187. The largest absolute Gasteiger partial charge is 0.456 e. The van der Waals surface area contributed by atoms with Gasteiger partial charge in [0, 0.05) is 27.4 Å². The minimum absolute atomic E-state index is 0.232. The Bertz CT molecular complexity index is 2290. The Hall–Kier alpha value is -5.51. The molecule has 0 N–H and O–H groups in total. The number of nitrogens with zero attached hydrogens (tertiary/aromatic N) is 1. The maximum absolute atomic E-state index is 6.74. The summed E-state index contributed by atoms with van der Waals surface area (Å²) in [6.07, 6.45) is 0. The topological polar surface area (TPSA) is 26.0 Å². The van der Waals surface area contributed by atoms with E-state index in [9.17, 15) is 0 Å². The number of hydrogen-bond donors (Lipinski definition) is 0. The van der Waals surface area contributed by atoms with Gasteiger partial charge in [0.1, 0.15) is 20.1 Å². The third kappa shape index (κ3) is 4.27. The molecule has 211 valence electrons. The van der Waals surface area contributed by atoms with E-state index in [2.05, 4.69) is 158 Å². The second-order valence-electron chi connectivity index (χ2n) is 11.7. The van der Waals surface area contributed by atoms with Crippen LogP contribution in [0, 0.1) is 0 Å². The van der Waals surface area contributed by atoms with Gasteiger partial charge >= 0.3 is 0 Å². The molecule has 1 unspecified atom stereocenters. The van der Waals surface area contributed by atoms with Crippen LogP contribution in [0.3, 0.4) is 0 Å². The summed E-state index contributed by atoms with van der Waals surface area (Å²) in [5.74, 6) is 0.851. The Morgan fingerprint density at radius 1 is 0.533 bits per heavy atom. The van der Waals surface area contributed by atoms with Gasteiger partial charge in [-0.1, -0.05) is 150 Å². The van der Waals surface area contributed by atoms with E-state index in [1.165, 1.54) is 38.0 Å². The number of para-hydroxylation sites is 1. The number of rotatable bonds is 5. The SMILES string of the molecule is c1ccc(-c2ccc3cccc(-c4cc5c6c(ccc5o4)-c4ccccc4C6[Si](c4ccccc4)c4ccccc4)c3n2)cc1. The predicted octanol–water partition coefficient (Wildman–Crippen LogP) is 9.28. The van der Waals surface area contributed by atoms with Crippen molar-refractivity contribution in [3.05, 3.63) is 175 Å². The average molecular weight is 591 g/mol. The van der Waals surface area contributed by atoms with Crippen LogP contribution in [-0.2, 0) is 0 Å². The zero-order chi connectivity index (χ0) is 29.7. The van der Waals surface area contributed by atoms with Crippen molar-refractivity contribution in [2.45, 2.75) is 5.54 Å². The number of furan rings is 1. The normalized spacial score (nSPS) is 13.8. The van der Waals surface area contributed by atoms with Gasteiger partial charge in [-0.3, -0.25) is 0 Å². The third-order valence-electron chi connectivity index (χ3n) is 9.11. The van der Waals surface area contributed by atoms with Crippen LogP contribution in [0.15, 0.2) is 168 Å². The molecule has 0 saturated carbocycles. The lowest BCUT2D eigenvalue weighted by atomic mass is 10.0. The fourth-order valence-electron chi connectivity index (χ4n) is 7.11. The Kier molecular flexibility index (Phi) is 6.10. The molecule has 0 aliphatic heterocycles. The molecule has 45 heavy (non-hydrogen) atoms. The maximum atomic E-state index is 6.74. The summed E-state index contributed by atoms with van der Waals surface area (Å²) in [7, 11) is -1.27. The van der Waals surface area contributed by atoms with E-state index in [0.29, 0.717) is 0 Å². The van der Waals surface area contributed by atoms with Crippen molar-refractivity contribution >= 4 is 41.0 Å². The predicted molar refractivity (Wildman–Crippen MR) is 188 cm³/mol. The molecule has 0 fully saturated rings. The van der Waals surface area contributed by atoms with Gasteiger partial charge in [0.05, 0.1) is 11.2 Å². The molecule has 8 aromatic rings. The van der Waals surface area contributed by atoms with Crippen LogP contribution in [0.5, 0.6) is 0 Å². The summed E-state index contributed by atoms with van der Waals surface area (Å²) in [5, 5.41) is 5.11. The van der Waals surface area contributed by atoms with Gasteiger partial charge in [-0.25, -0.2) is 4.98 Å². The maximum Gasteiger partial charge on any atom is 0.137 e. The van der Waals surface area contributed by atoms with Gasteiger partial charge in [-0.05, 0) is 46.5 Å². The van der Waals surface area contributed by atoms with Crippen LogP contribution in [0.1, 0.15) is 16.7 Å². The molecule has 1 atom stereocenters. The van der Waals surface area contributed by atoms with E-state index in [0.717, 1.165) is 39.1 Å². The Morgan fingerprint density at radius 3 is 1.96 bits per heavy atom. The number of hydrogen-bond acceptors (Lipinski definition) is 2. The fraction of sp³-hybridized carbons (Fsp3) is 0.0238. The van der Waals surface area contributed by atoms with Crippen LogP contribution in [0.2, 0.25) is 0 Å². The molecule has 0 amide bonds. The summed E-state index contributed by atoms with van der Waals surface area (Å²) in [4.78, 5) is 5.16. The van der Waals surface area contributed by atoms with E-state index in [-0.39, 0.29) is 5.54 Å². The minimum atomic E-state index is -1.27. The highest BCUT2D eigenvalue weighted by molar-refractivity contribution is 6.87. The van der Waals surface area contributed by atoms with Crippen molar-refractivity contribution in [2.24, 2.45) is 0 Å². The summed E-state index contributed by atoms with van der Waals surface area (Å²) in [5.41, 5.74) is 10.6. The molecule has 2 aromatic heterocycles. The number of pyridine rings is 1. The molecule has 0 spiro atoms. The van der Waals surface area contributed by atoms with E-state index in [4.69, 9.17) is 9.40 Å². The molecule has 0 bridgehead atoms. The molecule has 3 heteroatoms. The summed E-state index contributed by atoms with van der Waals surface area (Å²) in [6.45, 7) is 0. The van der Waals surface area contributed by atoms with Crippen molar-refractivity contribution < 1.29 is 4.42 Å². The van der Waals surface area contributed by atoms with Crippen molar-refractivity contribution in [1.29, 1.82) is 0 Å². The lowest BCUT2D eigenvalue weighted by Crippen LogP contribution is -2.47. The van der Waals surface area contributed by atoms with E-state index < -0.39 is 8.80 Å². The second-order valence-corrected chi connectivity index (χ2v) is 14.2. The first-order valence-corrected chi connectivity index (χ1v) is 17.0. The van der Waals surface area contributed by atoms with Crippen LogP contribution in [-0.4, -0.2) is 13.8 Å². The third-order valence-corrected chi connectivity index (χ3v) is 12.2. The number of aromatic nitrogens is 1. The lowest BCUT2D eigenvalue weighted by Gasteiger charge is -2.25. The zero-order valence-corrected chi connectivity index (χ0v) is 25.5. The molecule has 1 aliphatic rings. The Balaban J connectivity index is 1.27. The molecular formula is C42H28NOSi. The molecule has 2 nitrogen and oxygen atoms in total. The summed E-state index contributed by atoms with van der Waals surface area (Å²) < 4.78 is 6.74. The molecule has 1 aliphatic carbocycles. The fourth-order valence-corrected chi connectivity index (χ4v) is 10.4. The van der Waals surface area contributed by atoms with Crippen molar-refractivity contribution in [3.63, 3.8) is 0 Å². The summed E-state index contributed by atoms with van der Waals surface area (Å²) >= 11 is 0. The molecule has 1 radical (unpaired) electrons. The zero-order valence-electron chi connectivity index (χ0n) is 24.5. The number of fused-ring (bicyclic) bond motifs is 6. The Morgan fingerprint density at radius 2 is 1.20 bits per heavy atom. The van der Waals surface area contributed by atoms with Gasteiger partial charge in [0.2, 0.25) is 0 Å².